The van der Waals surface area contributed by atoms with Crippen LogP contribution in [0.2, 0.25) is 5.02 Å². The van der Waals surface area contributed by atoms with Gasteiger partial charge in [-0.2, -0.15) is 18.2 Å². The minimum atomic E-state index is -4.80. The summed E-state index contributed by atoms with van der Waals surface area (Å²) in [6.45, 7) is 1.71. The minimum absolute atomic E-state index is 0.0574. The number of hydrogen-bond donors (Lipinski definition) is 1. The van der Waals surface area contributed by atoms with Crippen molar-refractivity contribution in [3.05, 3.63) is 93.1 Å². The van der Waals surface area contributed by atoms with Gasteiger partial charge in [0.15, 0.2) is 5.82 Å². The van der Waals surface area contributed by atoms with E-state index in [9.17, 15) is 37.5 Å². The molecule has 0 bridgehead atoms. The van der Waals surface area contributed by atoms with Gasteiger partial charge < -0.3 is 5.11 Å². The summed E-state index contributed by atoms with van der Waals surface area (Å²) in [7, 11) is 1.24. The van der Waals surface area contributed by atoms with Gasteiger partial charge in [-0.05, 0) is 68.1 Å². The number of allylic oxidation sites excluding steroid dienone is 2. The number of alkyl halides is 3. The van der Waals surface area contributed by atoms with Gasteiger partial charge in [-0.3, -0.25) is 24.2 Å². The van der Waals surface area contributed by atoms with Crippen LogP contribution in [0.4, 0.5) is 24.7 Å². The van der Waals surface area contributed by atoms with Crippen molar-refractivity contribution in [3.8, 4) is 5.75 Å². The average molecular weight is 744 g/mol. The number of nitrogens with zero attached hydrogens (tertiary/aromatic N) is 4. The predicted molar refractivity (Wildman–Crippen MR) is 171 cm³/mol. The molecule has 6 atom stereocenters. The highest BCUT2D eigenvalue weighted by Gasteiger charge is 2.68. The molecule has 3 fully saturated rings. The molecule has 3 heterocycles. The summed E-state index contributed by atoms with van der Waals surface area (Å²) in [5, 5.41) is 12.7. The standard InChI is InChI=1S/C34H27BrClF3N4O5/c1-33-22(30(46)42(32(33)48)17-6-4-3-5-7-17)15-20-18(27(33)21-14-16(35)8-12-24(21)44)9-10-19-26(20)31(47)43(29(19)45)41(2)28-23(36)11-13-25(40-28)34(37,38)39/h3-9,11-14,19-20,22,26-27,44H,10,15H2,1-2H3/t19-,20+,22-,26-,27+,33+/m0/s1. The third kappa shape index (κ3) is 4.61. The van der Waals surface area contributed by atoms with Crippen LogP contribution in [0.5, 0.6) is 5.75 Å². The van der Waals surface area contributed by atoms with E-state index in [-0.39, 0.29) is 23.6 Å². The lowest BCUT2D eigenvalue weighted by Gasteiger charge is -2.49. The van der Waals surface area contributed by atoms with Gasteiger partial charge in [-0.1, -0.05) is 57.4 Å². The second kappa shape index (κ2) is 11.2. The molecule has 4 amide bonds. The van der Waals surface area contributed by atoms with Crippen molar-refractivity contribution in [2.75, 3.05) is 17.0 Å². The number of para-hydroxylation sites is 1. The molecule has 7 rings (SSSR count). The van der Waals surface area contributed by atoms with Crippen LogP contribution in [-0.2, 0) is 25.4 Å². The summed E-state index contributed by atoms with van der Waals surface area (Å²) in [6.07, 6.45) is -2.84. The number of fused-ring (bicyclic) bond motifs is 4. The molecule has 1 N–H and O–H groups in total. The van der Waals surface area contributed by atoms with Crippen LogP contribution in [0, 0.1) is 29.1 Å². The predicted octanol–water partition coefficient (Wildman–Crippen LogP) is 6.50. The number of aromatic hydroxyl groups is 1. The maximum atomic E-state index is 14.4. The van der Waals surface area contributed by atoms with E-state index in [1.54, 1.807) is 49.4 Å². The summed E-state index contributed by atoms with van der Waals surface area (Å²) in [5.74, 6) is -7.15. The van der Waals surface area contributed by atoms with Crippen LogP contribution in [0.15, 0.2) is 76.8 Å². The molecule has 14 heteroatoms. The number of hydrazine groups is 1. The first-order chi connectivity index (χ1) is 22.7. The molecular formula is C34H27BrClF3N4O5. The van der Waals surface area contributed by atoms with Crippen molar-refractivity contribution < 1.29 is 37.5 Å². The lowest BCUT2D eigenvalue weighted by Crippen LogP contribution is -2.49. The second-order valence-electron chi connectivity index (χ2n) is 12.7. The van der Waals surface area contributed by atoms with Crippen molar-refractivity contribution in [2.45, 2.75) is 31.9 Å². The fourth-order valence-electron chi connectivity index (χ4n) is 8.13. The number of hydrogen-bond acceptors (Lipinski definition) is 7. The van der Waals surface area contributed by atoms with Crippen LogP contribution < -0.4 is 9.91 Å². The Morgan fingerprint density at radius 3 is 2.40 bits per heavy atom. The number of carbonyl (C=O) groups excluding carboxylic acids is 4. The van der Waals surface area contributed by atoms with Gasteiger partial charge in [0.1, 0.15) is 11.4 Å². The van der Waals surface area contributed by atoms with Crippen LogP contribution in [0.25, 0.3) is 0 Å². The Bertz CT molecular complexity index is 1940. The fraction of sp³-hybridized carbons (Fsp3) is 0.324. The molecule has 2 aliphatic heterocycles. The van der Waals surface area contributed by atoms with Gasteiger partial charge in [-0.15, -0.1) is 0 Å². The van der Waals surface area contributed by atoms with Gasteiger partial charge in [0.05, 0.1) is 33.9 Å². The number of halogens is 5. The molecule has 1 saturated carbocycles. The highest BCUT2D eigenvalue weighted by Crippen LogP contribution is 2.64. The number of carbonyl (C=O) groups is 4. The fourth-order valence-corrected chi connectivity index (χ4v) is 8.74. The van der Waals surface area contributed by atoms with Gasteiger partial charge >= 0.3 is 6.18 Å². The number of rotatable bonds is 4. The maximum absolute atomic E-state index is 14.4. The van der Waals surface area contributed by atoms with E-state index < -0.39 is 76.3 Å². The molecule has 0 spiro atoms. The summed E-state index contributed by atoms with van der Waals surface area (Å²) < 4.78 is 41.2. The number of aromatic nitrogens is 1. The zero-order chi connectivity index (χ0) is 34.4. The van der Waals surface area contributed by atoms with Gasteiger partial charge in [0.25, 0.3) is 11.8 Å². The molecular weight excluding hydrogens is 717 g/mol. The largest absolute Gasteiger partial charge is 0.508 e. The molecule has 2 aromatic carbocycles. The Labute approximate surface area is 286 Å². The number of phenols is 1. The van der Waals surface area contributed by atoms with Crippen molar-refractivity contribution in [3.63, 3.8) is 0 Å². The van der Waals surface area contributed by atoms with Crippen molar-refractivity contribution in [1.29, 1.82) is 0 Å². The molecule has 48 heavy (non-hydrogen) atoms. The number of anilines is 2. The van der Waals surface area contributed by atoms with Gasteiger partial charge in [0.2, 0.25) is 11.8 Å². The van der Waals surface area contributed by atoms with Gasteiger partial charge in [-0.25, -0.2) is 9.88 Å². The molecule has 4 aliphatic rings. The molecule has 2 saturated heterocycles. The number of amides is 4. The lowest BCUT2D eigenvalue weighted by molar-refractivity contribution is -0.141. The molecule has 248 valence electrons. The average Bonchev–Trinajstić information content (AvgIpc) is 3.41. The van der Waals surface area contributed by atoms with Gasteiger partial charge in [0, 0.05) is 23.0 Å². The quantitative estimate of drug-likeness (QED) is 0.240. The Balaban J connectivity index is 1.33. The van der Waals surface area contributed by atoms with Crippen molar-refractivity contribution in [1.82, 2.24) is 9.99 Å². The van der Waals surface area contributed by atoms with E-state index in [0.717, 1.165) is 21.0 Å². The number of phenolic OH excluding ortho intramolecular Hbond substituents is 1. The maximum Gasteiger partial charge on any atom is 0.433 e. The van der Waals surface area contributed by atoms with Crippen LogP contribution in [0.1, 0.15) is 36.9 Å². The highest BCUT2D eigenvalue weighted by atomic mass is 79.9. The monoisotopic (exact) mass is 742 g/mol. The van der Waals surface area contributed by atoms with E-state index in [1.165, 1.54) is 13.1 Å². The third-order valence-corrected chi connectivity index (χ3v) is 11.1. The van der Waals surface area contributed by atoms with Crippen LogP contribution in [0.3, 0.4) is 0 Å². The van der Waals surface area contributed by atoms with E-state index in [0.29, 0.717) is 27.4 Å². The molecule has 9 nitrogen and oxygen atoms in total. The summed E-state index contributed by atoms with van der Waals surface area (Å²) >= 11 is 9.69. The summed E-state index contributed by atoms with van der Waals surface area (Å²) in [6, 6.07) is 15.0. The SMILES string of the molecule is CN(c1nc(C(F)(F)F)ccc1Cl)N1C(=O)[C@H]2[C@H](CC=C3[C@H]2C[C@H]2C(=O)N(c4ccccc4)C(=O)[C@@]2(C)[C@H]3c2cc(Br)ccc2O)C1=O. The number of benzene rings is 2. The zero-order valence-electron chi connectivity index (χ0n) is 25.4. The van der Waals surface area contributed by atoms with E-state index in [1.807, 2.05) is 6.08 Å². The second-order valence-corrected chi connectivity index (χ2v) is 14.0. The highest BCUT2D eigenvalue weighted by molar-refractivity contribution is 9.10. The molecule has 1 aromatic heterocycles. The smallest absolute Gasteiger partial charge is 0.433 e. The molecule has 0 radical (unpaired) electrons. The zero-order valence-corrected chi connectivity index (χ0v) is 27.8. The van der Waals surface area contributed by atoms with Crippen LogP contribution in [-0.4, -0.2) is 45.8 Å². The van der Waals surface area contributed by atoms with E-state index >= 15 is 0 Å². The Kier molecular flexibility index (Phi) is 7.52. The molecule has 3 aromatic rings. The minimum Gasteiger partial charge on any atom is -0.508 e. The Morgan fingerprint density at radius 2 is 1.71 bits per heavy atom. The third-order valence-electron chi connectivity index (χ3n) is 10.3. The van der Waals surface area contributed by atoms with Crippen molar-refractivity contribution >= 4 is 62.7 Å². The molecule has 0 unspecified atom stereocenters. The Hall–Kier alpha value is -4.23. The Morgan fingerprint density at radius 1 is 1.00 bits per heavy atom. The van der Waals surface area contributed by atoms with Crippen molar-refractivity contribution in [2.24, 2.45) is 29.1 Å². The summed E-state index contributed by atoms with van der Waals surface area (Å²) in [5.41, 5.74) is -1.20. The summed E-state index contributed by atoms with van der Waals surface area (Å²) in [4.78, 5) is 61.7. The number of imide groups is 2. The molecule has 2 aliphatic carbocycles. The number of pyridine rings is 1. The van der Waals surface area contributed by atoms with E-state index in [2.05, 4.69) is 20.9 Å². The normalized spacial score (nSPS) is 28.3. The topological polar surface area (TPSA) is 111 Å². The van der Waals surface area contributed by atoms with Crippen LogP contribution >= 0.6 is 27.5 Å². The first-order valence-corrected chi connectivity index (χ1v) is 16.3. The van der Waals surface area contributed by atoms with E-state index in [4.69, 9.17) is 11.6 Å². The first-order valence-electron chi connectivity index (χ1n) is 15.1. The first kappa shape index (κ1) is 32.3. The lowest BCUT2D eigenvalue weighted by atomic mass is 9.51.